The van der Waals surface area contributed by atoms with Crippen molar-refractivity contribution in [3.05, 3.63) is 69.9 Å². The van der Waals surface area contributed by atoms with Crippen LogP contribution in [0.2, 0.25) is 0 Å². The summed E-state index contributed by atoms with van der Waals surface area (Å²) in [6.45, 7) is 0. The standard InChI is InChI=1S/C16H15Br2F/c17-11-14(6-12-4-2-1-3-5-12)7-13-8-15(18)10-16(19)9-13/h1-5,8-10,14H,6-7,11H2. The Kier molecular flexibility index (Phi) is 5.59. The Morgan fingerprint density at radius 1 is 0.947 bits per heavy atom. The molecule has 0 aliphatic rings. The van der Waals surface area contributed by atoms with Gasteiger partial charge in [0.25, 0.3) is 0 Å². The van der Waals surface area contributed by atoms with Crippen LogP contribution in [0, 0.1) is 11.7 Å². The summed E-state index contributed by atoms with van der Waals surface area (Å²) in [5.41, 5.74) is 2.36. The summed E-state index contributed by atoms with van der Waals surface area (Å²) in [6.07, 6.45) is 1.87. The molecule has 0 spiro atoms. The summed E-state index contributed by atoms with van der Waals surface area (Å²) in [5.74, 6) is 0.286. The van der Waals surface area contributed by atoms with E-state index in [0.717, 1.165) is 28.2 Å². The van der Waals surface area contributed by atoms with Gasteiger partial charge in [-0.1, -0.05) is 62.2 Å². The number of halogens is 3. The second kappa shape index (κ2) is 7.20. The fraction of sp³-hybridized carbons (Fsp3) is 0.250. The Morgan fingerprint density at radius 2 is 1.63 bits per heavy atom. The van der Waals surface area contributed by atoms with Crippen LogP contribution in [-0.2, 0) is 12.8 Å². The van der Waals surface area contributed by atoms with Crippen molar-refractivity contribution in [3.63, 3.8) is 0 Å². The van der Waals surface area contributed by atoms with Crippen molar-refractivity contribution in [2.75, 3.05) is 5.33 Å². The molecule has 2 aromatic carbocycles. The van der Waals surface area contributed by atoms with Crippen molar-refractivity contribution in [3.8, 4) is 0 Å². The molecule has 0 fully saturated rings. The fourth-order valence-corrected chi connectivity index (χ4v) is 3.16. The first-order valence-corrected chi connectivity index (χ1v) is 8.13. The Morgan fingerprint density at radius 3 is 2.26 bits per heavy atom. The lowest BCUT2D eigenvalue weighted by molar-refractivity contribution is 0.582. The molecule has 2 rings (SSSR count). The highest BCUT2D eigenvalue weighted by molar-refractivity contribution is 9.10. The van der Waals surface area contributed by atoms with Crippen molar-refractivity contribution in [1.82, 2.24) is 0 Å². The minimum absolute atomic E-state index is 0.183. The molecule has 0 N–H and O–H groups in total. The molecule has 0 saturated heterocycles. The predicted molar refractivity (Wildman–Crippen MR) is 85.2 cm³/mol. The first kappa shape index (κ1) is 14.7. The van der Waals surface area contributed by atoms with E-state index in [1.807, 2.05) is 12.1 Å². The van der Waals surface area contributed by atoms with Crippen molar-refractivity contribution in [1.29, 1.82) is 0 Å². The Labute approximate surface area is 130 Å². The van der Waals surface area contributed by atoms with Crippen LogP contribution in [0.3, 0.4) is 0 Å². The molecule has 0 heterocycles. The number of alkyl halides is 1. The van der Waals surface area contributed by atoms with E-state index >= 15 is 0 Å². The van der Waals surface area contributed by atoms with Crippen LogP contribution in [0.1, 0.15) is 11.1 Å². The maximum Gasteiger partial charge on any atom is 0.124 e. The van der Waals surface area contributed by atoms with Gasteiger partial charge in [-0.2, -0.15) is 0 Å². The molecule has 0 aromatic heterocycles. The summed E-state index contributed by atoms with van der Waals surface area (Å²) in [6, 6.07) is 15.5. The van der Waals surface area contributed by atoms with E-state index in [2.05, 4.69) is 56.1 Å². The third kappa shape index (κ3) is 4.73. The number of benzene rings is 2. The quantitative estimate of drug-likeness (QED) is 0.605. The first-order valence-electron chi connectivity index (χ1n) is 6.22. The number of hydrogen-bond donors (Lipinski definition) is 0. The summed E-state index contributed by atoms with van der Waals surface area (Å²) < 4.78 is 14.2. The van der Waals surface area contributed by atoms with Gasteiger partial charge in [0, 0.05) is 9.80 Å². The second-order valence-electron chi connectivity index (χ2n) is 4.69. The first-order chi connectivity index (χ1) is 9.17. The van der Waals surface area contributed by atoms with Crippen LogP contribution in [0.5, 0.6) is 0 Å². The molecule has 100 valence electrons. The maximum atomic E-state index is 13.4. The molecule has 19 heavy (non-hydrogen) atoms. The molecular weight excluding hydrogens is 371 g/mol. The van der Waals surface area contributed by atoms with Crippen LogP contribution in [0.4, 0.5) is 4.39 Å². The van der Waals surface area contributed by atoms with E-state index in [9.17, 15) is 4.39 Å². The monoisotopic (exact) mass is 384 g/mol. The van der Waals surface area contributed by atoms with Crippen molar-refractivity contribution >= 4 is 31.9 Å². The minimum atomic E-state index is -0.183. The van der Waals surface area contributed by atoms with Crippen LogP contribution >= 0.6 is 31.9 Å². The summed E-state index contributed by atoms with van der Waals surface area (Å²) in [5, 5.41) is 0.913. The largest absolute Gasteiger partial charge is 0.207 e. The molecule has 0 saturated carbocycles. The molecule has 0 amide bonds. The highest BCUT2D eigenvalue weighted by Crippen LogP contribution is 2.21. The normalized spacial score (nSPS) is 12.4. The third-order valence-corrected chi connectivity index (χ3v) is 4.41. The van der Waals surface area contributed by atoms with Gasteiger partial charge in [-0.05, 0) is 48.1 Å². The maximum absolute atomic E-state index is 13.4. The molecule has 0 aliphatic heterocycles. The Bertz CT molecular complexity index is 505. The second-order valence-corrected chi connectivity index (χ2v) is 6.26. The predicted octanol–water partition coefficient (Wildman–Crippen LogP) is 5.38. The zero-order valence-electron chi connectivity index (χ0n) is 10.5. The zero-order chi connectivity index (χ0) is 13.7. The lowest BCUT2D eigenvalue weighted by Crippen LogP contribution is -2.10. The molecule has 2 aromatic rings. The van der Waals surface area contributed by atoms with Gasteiger partial charge in [-0.3, -0.25) is 0 Å². The van der Waals surface area contributed by atoms with Crippen LogP contribution in [0.15, 0.2) is 53.0 Å². The van der Waals surface area contributed by atoms with Crippen molar-refractivity contribution in [2.45, 2.75) is 12.8 Å². The summed E-state index contributed by atoms with van der Waals surface area (Å²) in [7, 11) is 0. The Balaban J connectivity index is 2.06. The van der Waals surface area contributed by atoms with E-state index in [-0.39, 0.29) is 5.82 Å². The molecule has 0 nitrogen and oxygen atoms in total. The Hall–Kier alpha value is -0.670. The minimum Gasteiger partial charge on any atom is -0.207 e. The summed E-state index contributed by atoms with van der Waals surface area (Å²) in [4.78, 5) is 0. The van der Waals surface area contributed by atoms with Crippen LogP contribution in [-0.4, -0.2) is 5.33 Å². The van der Waals surface area contributed by atoms with Gasteiger partial charge in [-0.25, -0.2) is 4.39 Å². The van der Waals surface area contributed by atoms with Gasteiger partial charge < -0.3 is 0 Å². The highest BCUT2D eigenvalue weighted by Gasteiger charge is 2.10. The van der Waals surface area contributed by atoms with Gasteiger partial charge in [-0.15, -0.1) is 0 Å². The van der Waals surface area contributed by atoms with Gasteiger partial charge in [0.05, 0.1) is 0 Å². The van der Waals surface area contributed by atoms with E-state index in [4.69, 9.17) is 0 Å². The SMILES string of the molecule is Fc1cc(Br)cc(CC(CBr)Cc2ccccc2)c1. The lowest BCUT2D eigenvalue weighted by atomic mass is 9.94. The van der Waals surface area contributed by atoms with Gasteiger partial charge in [0.1, 0.15) is 5.82 Å². The average molecular weight is 386 g/mol. The number of rotatable bonds is 5. The molecule has 1 unspecified atom stereocenters. The van der Waals surface area contributed by atoms with Crippen LogP contribution in [0.25, 0.3) is 0 Å². The van der Waals surface area contributed by atoms with E-state index in [1.165, 1.54) is 11.6 Å². The van der Waals surface area contributed by atoms with E-state index in [1.54, 1.807) is 6.07 Å². The smallest absolute Gasteiger partial charge is 0.124 e. The van der Waals surface area contributed by atoms with E-state index < -0.39 is 0 Å². The topological polar surface area (TPSA) is 0 Å². The van der Waals surface area contributed by atoms with Gasteiger partial charge >= 0.3 is 0 Å². The molecule has 0 bridgehead atoms. The summed E-state index contributed by atoms with van der Waals surface area (Å²) >= 11 is 6.90. The van der Waals surface area contributed by atoms with Gasteiger partial charge in [0.2, 0.25) is 0 Å². The average Bonchev–Trinajstić information content (AvgIpc) is 2.38. The van der Waals surface area contributed by atoms with Gasteiger partial charge in [0.15, 0.2) is 0 Å². The molecule has 3 heteroatoms. The number of hydrogen-bond acceptors (Lipinski definition) is 0. The molecule has 1 atom stereocenters. The fourth-order valence-electron chi connectivity index (χ4n) is 2.19. The third-order valence-electron chi connectivity index (χ3n) is 3.03. The highest BCUT2D eigenvalue weighted by atomic mass is 79.9. The van der Waals surface area contributed by atoms with Crippen LogP contribution < -0.4 is 0 Å². The lowest BCUT2D eigenvalue weighted by Gasteiger charge is -2.14. The zero-order valence-corrected chi connectivity index (χ0v) is 13.6. The molecule has 0 radical (unpaired) electrons. The van der Waals surface area contributed by atoms with Crippen molar-refractivity contribution in [2.24, 2.45) is 5.92 Å². The molecular formula is C16H15Br2F. The van der Waals surface area contributed by atoms with Crippen molar-refractivity contribution < 1.29 is 4.39 Å². The molecule has 0 aliphatic carbocycles. The van der Waals surface area contributed by atoms with E-state index in [0.29, 0.717) is 5.92 Å².